The third kappa shape index (κ3) is 4.45. The van der Waals surface area contributed by atoms with E-state index in [9.17, 15) is 18.4 Å². The van der Waals surface area contributed by atoms with Crippen LogP contribution in [0.25, 0.3) is 11.4 Å². The Hall–Kier alpha value is -3.21. The van der Waals surface area contributed by atoms with Gasteiger partial charge in [0, 0.05) is 22.7 Å². The van der Waals surface area contributed by atoms with Gasteiger partial charge in [-0.05, 0) is 28.8 Å². The van der Waals surface area contributed by atoms with Crippen LogP contribution in [0.2, 0.25) is 0 Å². The zero-order chi connectivity index (χ0) is 18.5. The largest absolute Gasteiger partial charge is 0.345 e. The summed E-state index contributed by atoms with van der Waals surface area (Å²) in [5, 5.41) is 20.1. The molecule has 0 spiro atoms. The Balaban J connectivity index is 1.47. The lowest BCUT2D eigenvalue weighted by molar-refractivity contribution is -0.124. The molecule has 0 aliphatic heterocycles. The Morgan fingerprint density at radius 3 is 2.73 bits per heavy atom. The van der Waals surface area contributed by atoms with Gasteiger partial charge >= 0.3 is 0 Å². The fourth-order valence-electron chi connectivity index (χ4n) is 1.96. The summed E-state index contributed by atoms with van der Waals surface area (Å²) in [5.41, 5.74) is 0.883. The fourth-order valence-corrected chi connectivity index (χ4v) is 2.59. The molecule has 3 rings (SSSR count). The van der Waals surface area contributed by atoms with Crippen molar-refractivity contribution in [2.75, 3.05) is 11.9 Å². The highest BCUT2D eigenvalue weighted by Gasteiger charge is 2.11. The van der Waals surface area contributed by atoms with Crippen molar-refractivity contribution in [2.24, 2.45) is 0 Å². The van der Waals surface area contributed by atoms with E-state index in [0.29, 0.717) is 5.82 Å². The molecular formula is C15H12F2N6O2S. The van der Waals surface area contributed by atoms with Crippen molar-refractivity contribution in [3.05, 3.63) is 46.7 Å². The maximum Gasteiger partial charge on any atom is 0.244 e. The van der Waals surface area contributed by atoms with E-state index in [1.165, 1.54) is 17.4 Å². The highest BCUT2D eigenvalue weighted by atomic mass is 32.1. The van der Waals surface area contributed by atoms with Crippen LogP contribution in [0.1, 0.15) is 0 Å². The van der Waals surface area contributed by atoms with Gasteiger partial charge in [-0.2, -0.15) is 16.1 Å². The number of aromatic nitrogens is 4. The highest BCUT2D eigenvalue weighted by molar-refractivity contribution is 7.08. The van der Waals surface area contributed by atoms with Gasteiger partial charge in [-0.3, -0.25) is 9.59 Å². The molecule has 2 heterocycles. The summed E-state index contributed by atoms with van der Waals surface area (Å²) in [6.45, 7) is -0.556. The number of hydrogen-bond donors (Lipinski definition) is 2. The number of rotatable bonds is 6. The molecule has 2 aromatic heterocycles. The number of benzene rings is 1. The van der Waals surface area contributed by atoms with Crippen molar-refractivity contribution < 1.29 is 18.4 Å². The van der Waals surface area contributed by atoms with Gasteiger partial charge in [0.05, 0.1) is 6.54 Å². The number of thiophene rings is 1. The molecule has 0 aliphatic carbocycles. The van der Waals surface area contributed by atoms with Crippen molar-refractivity contribution >= 4 is 28.8 Å². The van der Waals surface area contributed by atoms with Gasteiger partial charge in [0.1, 0.15) is 6.54 Å². The van der Waals surface area contributed by atoms with Gasteiger partial charge < -0.3 is 10.6 Å². The molecule has 11 heteroatoms. The van der Waals surface area contributed by atoms with Gasteiger partial charge in [0.25, 0.3) is 0 Å². The second-order valence-electron chi connectivity index (χ2n) is 5.11. The summed E-state index contributed by atoms with van der Waals surface area (Å²) >= 11 is 1.49. The van der Waals surface area contributed by atoms with Crippen LogP contribution in [0, 0.1) is 11.6 Å². The summed E-state index contributed by atoms with van der Waals surface area (Å²) in [4.78, 5) is 24.7. The van der Waals surface area contributed by atoms with Crippen molar-refractivity contribution in [3.63, 3.8) is 0 Å². The molecule has 0 bridgehead atoms. The van der Waals surface area contributed by atoms with Gasteiger partial charge in [-0.1, -0.05) is 0 Å². The maximum absolute atomic E-state index is 13.1. The Bertz CT molecular complexity index is 928. The van der Waals surface area contributed by atoms with Gasteiger partial charge in [-0.25, -0.2) is 8.78 Å². The first-order chi connectivity index (χ1) is 12.5. The summed E-state index contributed by atoms with van der Waals surface area (Å²) in [7, 11) is 0. The molecule has 0 atom stereocenters. The van der Waals surface area contributed by atoms with E-state index >= 15 is 0 Å². The Labute approximate surface area is 149 Å². The van der Waals surface area contributed by atoms with Crippen LogP contribution in [-0.4, -0.2) is 38.6 Å². The zero-order valence-corrected chi connectivity index (χ0v) is 14.0. The average Bonchev–Trinajstić information content (AvgIpc) is 3.28. The summed E-state index contributed by atoms with van der Waals surface area (Å²) < 4.78 is 25.9. The van der Waals surface area contributed by atoms with Gasteiger partial charge in [0.2, 0.25) is 17.6 Å². The number of carbonyl (C=O) groups excluding carboxylic acids is 2. The molecule has 0 saturated heterocycles. The Morgan fingerprint density at radius 2 is 2.00 bits per heavy atom. The Kier molecular flexibility index (Phi) is 5.27. The standard InChI is InChI=1S/C15H12F2N6O2S/c16-11-2-1-10(5-12(11)17)19-13(24)6-18-14(25)7-23-21-15(20-22-23)9-3-4-26-8-9/h1-5,8H,6-7H2,(H,18,25)(H,19,24). The van der Waals surface area contributed by atoms with Gasteiger partial charge in [0.15, 0.2) is 11.6 Å². The van der Waals surface area contributed by atoms with Crippen LogP contribution in [0.4, 0.5) is 14.5 Å². The first-order valence-electron chi connectivity index (χ1n) is 7.33. The second-order valence-corrected chi connectivity index (χ2v) is 5.89. The molecule has 8 nitrogen and oxygen atoms in total. The summed E-state index contributed by atoms with van der Waals surface area (Å²) in [6.07, 6.45) is 0. The van der Waals surface area contributed by atoms with E-state index in [1.807, 2.05) is 16.8 Å². The predicted octanol–water partition coefficient (Wildman–Crippen LogP) is 1.43. The molecule has 134 valence electrons. The number of amides is 2. The minimum absolute atomic E-state index is 0.0847. The summed E-state index contributed by atoms with van der Waals surface area (Å²) in [6, 6.07) is 4.78. The van der Waals surface area contributed by atoms with E-state index in [4.69, 9.17) is 0 Å². The maximum atomic E-state index is 13.1. The number of hydrogen-bond acceptors (Lipinski definition) is 6. The minimum Gasteiger partial charge on any atom is -0.345 e. The quantitative estimate of drug-likeness (QED) is 0.676. The lowest BCUT2D eigenvalue weighted by Gasteiger charge is -2.07. The third-order valence-electron chi connectivity index (χ3n) is 3.17. The molecule has 26 heavy (non-hydrogen) atoms. The van der Waals surface area contributed by atoms with Crippen LogP contribution in [0.5, 0.6) is 0 Å². The number of anilines is 1. The molecule has 2 amide bonds. The number of halogens is 2. The van der Waals surface area contributed by atoms with E-state index < -0.39 is 23.4 Å². The van der Waals surface area contributed by atoms with Crippen molar-refractivity contribution in [3.8, 4) is 11.4 Å². The third-order valence-corrected chi connectivity index (χ3v) is 3.85. The Morgan fingerprint density at radius 1 is 1.15 bits per heavy atom. The van der Waals surface area contributed by atoms with Gasteiger partial charge in [-0.15, -0.1) is 10.2 Å². The molecule has 2 N–H and O–H groups in total. The first kappa shape index (κ1) is 17.6. The highest BCUT2D eigenvalue weighted by Crippen LogP contribution is 2.16. The molecule has 0 radical (unpaired) electrons. The van der Waals surface area contributed by atoms with Crippen LogP contribution < -0.4 is 10.6 Å². The minimum atomic E-state index is -1.08. The molecular weight excluding hydrogens is 366 g/mol. The molecule has 3 aromatic rings. The molecule has 0 unspecified atom stereocenters. The van der Waals surface area contributed by atoms with E-state index in [0.717, 1.165) is 22.5 Å². The second kappa shape index (κ2) is 7.78. The SMILES string of the molecule is O=C(Cn1nnc(-c2ccsc2)n1)NCC(=O)Nc1ccc(F)c(F)c1. The predicted molar refractivity (Wildman–Crippen MR) is 89.1 cm³/mol. The number of carbonyl (C=O) groups is 2. The summed E-state index contributed by atoms with van der Waals surface area (Å²) in [5.74, 6) is -2.78. The normalized spacial score (nSPS) is 10.5. The lowest BCUT2D eigenvalue weighted by Crippen LogP contribution is -2.35. The average molecular weight is 378 g/mol. The molecule has 1 aromatic carbocycles. The van der Waals surface area contributed by atoms with E-state index in [-0.39, 0.29) is 18.8 Å². The van der Waals surface area contributed by atoms with Crippen LogP contribution in [-0.2, 0) is 16.1 Å². The molecule has 0 saturated carbocycles. The monoisotopic (exact) mass is 378 g/mol. The zero-order valence-electron chi connectivity index (χ0n) is 13.1. The first-order valence-corrected chi connectivity index (χ1v) is 8.27. The van der Waals surface area contributed by atoms with E-state index in [1.54, 1.807) is 0 Å². The van der Waals surface area contributed by atoms with Crippen LogP contribution in [0.15, 0.2) is 35.0 Å². The van der Waals surface area contributed by atoms with E-state index in [2.05, 4.69) is 26.0 Å². The topological polar surface area (TPSA) is 102 Å². The van der Waals surface area contributed by atoms with Crippen LogP contribution in [0.3, 0.4) is 0 Å². The fraction of sp³-hybridized carbons (Fsp3) is 0.133. The number of nitrogens with one attached hydrogen (secondary N) is 2. The lowest BCUT2D eigenvalue weighted by atomic mass is 10.3. The van der Waals surface area contributed by atoms with Crippen molar-refractivity contribution in [2.45, 2.75) is 6.54 Å². The number of tetrazole rings is 1. The van der Waals surface area contributed by atoms with Crippen molar-refractivity contribution in [1.82, 2.24) is 25.5 Å². The van der Waals surface area contributed by atoms with Crippen molar-refractivity contribution in [1.29, 1.82) is 0 Å². The molecule has 0 fully saturated rings. The molecule has 0 aliphatic rings. The number of nitrogens with zero attached hydrogens (tertiary/aromatic N) is 4. The smallest absolute Gasteiger partial charge is 0.244 e. The van der Waals surface area contributed by atoms with Crippen LogP contribution >= 0.6 is 11.3 Å².